The molecule has 0 saturated carbocycles. The van der Waals surface area contributed by atoms with Gasteiger partial charge in [-0.25, -0.2) is 0 Å². The van der Waals surface area contributed by atoms with Crippen LogP contribution in [0.3, 0.4) is 0 Å². The molecule has 1 aromatic carbocycles. The van der Waals surface area contributed by atoms with Gasteiger partial charge in [-0.3, -0.25) is 0 Å². The molecule has 1 heteroatoms. The van der Waals surface area contributed by atoms with Gasteiger partial charge in [0.05, 0.1) is 0 Å². The van der Waals surface area contributed by atoms with Crippen LogP contribution in [-0.4, -0.2) is 25.0 Å². The van der Waals surface area contributed by atoms with E-state index in [1.165, 1.54) is 56.3 Å². The first kappa shape index (κ1) is 16.2. The largest absolute Gasteiger partial charge is 0.306 e. The maximum atomic E-state index is 2.46. The van der Waals surface area contributed by atoms with E-state index < -0.39 is 0 Å². The van der Waals surface area contributed by atoms with E-state index in [9.17, 15) is 0 Å². The topological polar surface area (TPSA) is 3.24 Å². The standard InChI is InChI=1S/C18H31N/c1-5-6-7-8-14-19(4)15-13-17-9-11-18(12-10-17)16(2)3/h9-12,16H,5-8,13-15H2,1-4H3. The first-order chi connectivity index (χ1) is 9.13. The van der Waals surface area contributed by atoms with E-state index in [0.717, 1.165) is 0 Å². The van der Waals surface area contributed by atoms with Gasteiger partial charge < -0.3 is 4.90 Å². The Labute approximate surface area is 120 Å². The second kappa shape index (κ2) is 9.14. The van der Waals surface area contributed by atoms with Gasteiger partial charge in [0, 0.05) is 6.54 Å². The third-order valence-electron chi connectivity index (χ3n) is 3.82. The molecule has 0 aliphatic heterocycles. The zero-order chi connectivity index (χ0) is 14.1. The van der Waals surface area contributed by atoms with Crippen LogP contribution in [0.2, 0.25) is 0 Å². The molecular formula is C18H31N. The minimum atomic E-state index is 0.635. The van der Waals surface area contributed by atoms with Crippen LogP contribution in [0.15, 0.2) is 24.3 Å². The Morgan fingerprint density at radius 2 is 1.63 bits per heavy atom. The highest BCUT2D eigenvalue weighted by molar-refractivity contribution is 5.24. The van der Waals surface area contributed by atoms with Crippen molar-refractivity contribution < 1.29 is 0 Å². The van der Waals surface area contributed by atoms with E-state index in [1.807, 2.05) is 0 Å². The summed E-state index contributed by atoms with van der Waals surface area (Å²) in [4.78, 5) is 2.46. The van der Waals surface area contributed by atoms with E-state index >= 15 is 0 Å². The van der Waals surface area contributed by atoms with Crippen LogP contribution in [0.1, 0.15) is 63.5 Å². The molecule has 1 rings (SSSR count). The van der Waals surface area contributed by atoms with Crippen molar-refractivity contribution >= 4 is 0 Å². The Morgan fingerprint density at radius 1 is 0.947 bits per heavy atom. The highest BCUT2D eigenvalue weighted by Gasteiger charge is 2.01. The fraction of sp³-hybridized carbons (Fsp3) is 0.667. The Kier molecular flexibility index (Phi) is 7.81. The molecule has 0 amide bonds. The molecule has 0 heterocycles. The van der Waals surface area contributed by atoms with E-state index in [2.05, 4.69) is 57.0 Å². The summed E-state index contributed by atoms with van der Waals surface area (Å²) < 4.78 is 0. The minimum Gasteiger partial charge on any atom is -0.306 e. The minimum absolute atomic E-state index is 0.635. The number of likely N-dealkylation sites (N-methyl/N-ethyl adjacent to an activating group) is 1. The van der Waals surface area contributed by atoms with E-state index in [-0.39, 0.29) is 0 Å². The van der Waals surface area contributed by atoms with Crippen molar-refractivity contribution in [3.05, 3.63) is 35.4 Å². The Hall–Kier alpha value is -0.820. The van der Waals surface area contributed by atoms with Gasteiger partial charge in [0.2, 0.25) is 0 Å². The predicted molar refractivity (Wildman–Crippen MR) is 85.9 cm³/mol. The molecule has 0 saturated heterocycles. The maximum Gasteiger partial charge on any atom is 0.00188 e. The van der Waals surface area contributed by atoms with Gasteiger partial charge in [0.1, 0.15) is 0 Å². The molecule has 0 fully saturated rings. The van der Waals surface area contributed by atoms with Crippen LogP contribution < -0.4 is 0 Å². The van der Waals surface area contributed by atoms with Crippen LogP contribution in [-0.2, 0) is 6.42 Å². The van der Waals surface area contributed by atoms with Gasteiger partial charge in [-0.05, 0) is 43.5 Å². The second-order valence-electron chi connectivity index (χ2n) is 6.01. The van der Waals surface area contributed by atoms with E-state index in [4.69, 9.17) is 0 Å². The lowest BCUT2D eigenvalue weighted by atomic mass is 10.0. The lowest BCUT2D eigenvalue weighted by Crippen LogP contribution is -2.22. The lowest BCUT2D eigenvalue weighted by molar-refractivity contribution is 0.328. The Bertz CT molecular complexity index is 326. The molecule has 1 nitrogen and oxygen atoms in total. The van der Waals surface area contributed by atoms with Crippen LogP contribution in [0.4, 0.5) is 0 Å². The summed E-state index contributed by atoms with van der Waals surface area (Å²) in [5.41, 5.74) is 2.90. The number of rotatable bonds is 9. The van der Waals surface area contributed by atoms with Gasteiger partial charge in [-0.15, -0.1) is 0 Å². The average molecular weight is 261 g/mol. The Morgan fingerprint density at radius 3 is 2.21 bits per heavy atom. The summed E-state index contributed by atoms with van der Waals surface area (Å²) >= 11 is 0. The summed E-state index contributed by atoms with van der Waals surface area (Å²) in [7, 11) is 2.24. The molecule has 0 unspecified atom stereocenters. The monoisotopic (exact) mass is 261 g/mol. The van der Waals surface area contributed by atoms with Crippen molar-refractivity contribution in [2.24, 2.45) is 0 Å². The number of hydrogen-bond acceptors (Lipinski definition) is 1. The molecule has 0 N–H and O–H groups in total. The van der Waals surface area contributed by atoms with Gasteiger partial charge in [-0.1, -0.05) is 64.3 Å². The molecule has 0 radical (unpaired) electrons. The molecule has 19 heavy (non-hydrogen) atoms. The summed E-state index contributed by atoms with van der Waals surface area (Å²) in [5, 5.41) is 0. The molecule has 1 aromatic rings. The van der Waals surface area contributed by atoms with E-state index in [1.54, 1.807) is 0 Å². The first-order valence-corrected chi connectivity index (χ1v) is 7.91. The summed E-state index contributed by atoms with van der Waals surface area (Å²) in [6, 6.07) is 9.14. The SMILES string of the molecule is CCCCCCN(C)CCc1ccc(C(C)C)cc1. The molecular weight excluding hydrogens is 230 g/mol. The smallest absolute Gasteiger partial charge is 0.00188 e. The van der Waals surface area contributed by atoms with Crippen molar-refractivity contribution in [1.29, 1.82) is 0 Å². The fourth-order valence-electron chi connectivity index (χ4n) is 2.31. The number of nitrogens with zero attached hydrogens (tertiary/aromatic N) is 1. The third kappa shape index (κ3) is 6.77. The summed E-state index contributed by atoms with van der Waals surface area (Å²) in [5.74, 6) is 0.635. The van der Waals surface area contributed by atoms with Crippen LogP contribution in [0.25, 0.3) is 0 Å². The normalized spacial score (nSPS) is 11.5. The van der Waals surface area contributed by atoms with Gasteiger partial charge in [0.25, 0.3) is 0 Å². The number of unbranched alkanes of at least 4 members (excludes halogenated alkanes) is 3. The summed E-state index contributed by atoms with van der Waals surface area (Å²) in [6.07, 6.45) is 6.60. The first-order valence-electron chi connectivity index (χ1n) is 7.91. The molecule has 108 valence electrons. The fourth-order valence-corrected chi connectivity index (χ4v) is 2.31. The molecule has 0 aliphatic rings. The molecule has 0 atom stereocenters. The van der Waals surface area contributed by atoms with Crippen LogP contribution in [0.5, 0.6) is 0 Å². The quantitative estimate of drug-likeness (QED) is 0.574. The van der Waals surface area contributed by atoms with Crippen molar-refractivity contribution in [3.63, 3.8) is 0 Å². The number of benzene rings is 1. The second-order valence-corrected chi connectivity index (χ2v) is 6.01. The van der Waals surface area contributed by atoms with E-state index in [0.29, 0.717) is 5.92 Å². The summed E-state index contributed by atoms with van der Waals surface area (Å²) in [6.45, 7) is 9.18. The van der Waals surface area contributed by atoms with Crippen molar-refractivity contribution in [1.82, 2.24) is 4.90 Å². The Balaban J connectivity index is 2.24. The molecule has 0 spiro atoms. The molecule has 0 aliphatic carbocycles. The van der Waals surface area contributed by atoms with Crippen molar-refractivity contribution in [2.45, 2.75) is 58.8 Å². The van der Waals surface area contributed by atoms with Crippen LogP contribution >= 0.6 is 0 Å². The molecule has 0 aromatic heterocycles. The van der Waals surface area contributed by atoms with Crippen molar-refractivity contribution in [2.75, 3.05) is 20.1 Å². The van der Waals surface area contributed by atoms with Crippen LogP contribution in [0, 0.1) is 0 Å². The third-order valence-corrected chi connectivity index (χ3v) is 3.82. The lowest BCUT2D eigenvalue weighted by Gasteiger charge is -2.16. The predicted octanol–water partition coefficient (Wildman–Crippen LogP) is 4.86. The zero-order valence-electron chi connectivity index (χ0n) is 13.3. The zero-order valence-corrected chi connectivity index (χ0v) is 13.3. The average Bonchev–Trinajstić information content (AvgIpc) is 2.42. The highest BCUT2D eigenvalue weighted by atomic mass is 15.1. The van der Waals surface area contributed by atoms with Gasteiger partial charge in [-0.2, -0.15) is 0 Å². The van der Waals surface area contributed by atoms with Gasteiger partial charge >= 0.3 is 0 Å². The van der Waals surface area contributed by atoms with Crippen molar-refractivity contribution in [3.8, 4) is 0 Å². The maximum absolute atomic E-state index is 2.46. The van der Waals surface area contributed by atoms with Gasteiger partial charge in [0.15, 0.2) is 0 Å². The highest BCUT2D eigenvalue weighted by Crippen LogP contribution is 2.15. The molecule has 0 bridgehead atoms. The number of hydrogen-bond donors (Lipinski definition) is 0.